The van der Waals surface area contributed by atoms with E-state index in [-0.39, 0.29) is 17.0 Å². The maximum atomic E-state index is 2.26. The van der Waals surface area contributed by atoms with Crippen molar-refractivity contribution < 1.29 is 17.0 Å². The van der Waals surface area contributed by atoms with Crippen molar-refractivity contribution in [2.24, 2.45) is 0 Å². The molecule has 0 radical (unpaired) electrons. The third kappa shape index (κ3) is 1.65. The molecule has 0 saturated carbocycles. The molecule has 0 nitrogen and oxygen atoms in total. The van der Waals surface area contributed by atoms with E-state index in [9.17, 15) is 0 Å². The van der Waals surface area contributed by atoms with Crippen LogP contribution < -0.4 is 17.0 Å². The minimum Gasteiger partial charge on any atom is -1.00 e. The highest BCUT2D eigenvalue weighted by Crippen LogP contribution is 2.36. The highest BCUT2D eigenvalue weighted by Gasteiger charge is 2.20. The summed E-state index contributed by atoms with van der Waals surface area (Å²) >= 11 is 0. The van der Waals surface area contributed by atoms with Crippen molar-refractivity contribution in [2.45, 2.75) is 18.5 Å². The summed E-state index contributed by atoms with van der Waals surface area (Å²) in [6.45, 7) is 0. The van der Waals surface area contributed by atoms with Crippen LogP contribution in [0.5, 0.6) is 0 Å². The van der Waals surface area contributed by atoms with Gasteiger partial charge < -0.3 is 17.0 Å². The van der Waals surface area contributed by atoms with Crippen molar-refractivity contribution in [3.05, 3.63) is 35.4 Å². The van der Waals surface area contributed by atoms with E-state index < -0.39 is 0 Å². The summed E-state index contributed by atoms with van der Waals surface area (Å²) < 4.78 is 0. The topological polar surface area (TPSA) is 0 Å². The van der Waals surface area contributed by atoms with Crippen molar-refractivity contribution in [3.8, 4) is 0 Å². The molecule has 2 heteroatoms. The number of aryl methyl sites for hydroxylation is 1. The normalized spacial score (nSPS) is 20.9. The van der Waals surface area contributed by atoms with E-state index in [1.54, 1.807) is 11.1 Å². The maximum Gasteiger partial charge on any atom is 0.0882 e. The summed E-state index contributed by atoms with van der Waals surface area (Å²) in [6.07, 6.45) is 2.65. The quantitative estimate of drug-likeness (QED) is 0.517. The second-order valence-corrected chi connectivity index (χ2v) is 3.92. The summed E-state index contributed by atoms with van der Waals surface area (Å²) in [4.78, 5) is 0. The Kier molecular flexibility index (Phi) is 3.09. The van der Waals surface area contributed by atoms with Gasteiger partial charge in [0.2, 0.25) is 0 Å². The van der Waals surface area contributed by atoms with Gasteiger partial charge in [0, 0.05) is 0 Å². The van der Waals surface area contributed by atoms with Crippen molar-refractivity contribution in [3.63, 3.8) is 0 Å². The molecular weight excluding hydrogens is 219 g/mol. The minimum absolute atomic E-state index is 0. The van der Waals surface area contributed by atoms with Crippen LogP contribution in [0.4, 0.5) is 0 Å². The summed E-state index contributed by atoms with van der Waals surface area (Å²) in [5.74, 6) is 0. The predicted octanol–water partition coefficient (Wildman–Crippen LogP) is -0.715. The predicted molar refractivity (Wildman–Crippen MR) is 48.6 cm³/mol. The highest BCUT2D eigenvalue weighted by atomic mass is 79.9. The van der Waals surface area contributed by atoms with Gasteiger partial charge in [0.05, 0.1) is 5.66 Å². The molecule has 1 aromatic rings. The van der Waals surface area contributed by atoms with Crippen LogP contribution in [-0.2, 0) is 6.42 Å². The van der Waals surface area contributed by atoms with Crippen LogP contribution in [-0.4, -0.2) is 0 Å². The van der Waals surface area contributed by atoms with Crippen LogP contribution in [0, 0.1) is 0 Å². The summed E-state index contributed by atoms with van der Waals surface area (Å²) in [7, 11) is 2.11. The van der Waals surface area contributed by atoms with E-state index in [1.165, 1.54) is 12.8 Å². The number of fused-ring (bicyclic) bond motifs is 1. The molecule has 60 valence electrons. The van der Waals surface area contributed by atoms with Gasteiger partial charge in [-0.3, -0.25) is 0 Å². The van der Waals surface area contributed by atoms with Crippen molar-refractivity contribution in [2.75, 3.05) is 0 Å². The molecule has 2 atom stereocenters. The number of hydrogen-bond donors (Lipinski definition) is 0. The monoisotopic (exact) mass is 230 g/mol. The fourth-order valence-corrected chi connectivity index (χ4v) is 2.25. The molecule has 0 fully saturated rings. The van der Waals surface area contributed by atoms with Gasteiger partial charge in [0.25, 0.3) is 0 Å². The molecule has 0 amide bonds. The molecule has 1 aromatic carbocycles. The zero-order valence-electron chi connectivity index (χ0n) is 6.39. The van der Waals surface area contributed by atoms with Crippen LogP contribution >= 0.6 is 9.24 Å². The number of halogens is 1. The van der Waals surface area contributed by atoms with Crippen LogP contribution in [0.15, 0.2) is 24.3 Å². The van der Waals surface area contributed by atoms with E-state index in [2.05, 4.69) is 33.5 Å². The molecule has 0 bridgehead atoms. The first kappa shape index (κ1) is 9.22. The average molecular weight is 231 g/mol. The number of benzene rings is 1. The van der Waals surface area contributed by atoms with Gasteiger partial charge in [-0.1, -0.05) is 24.3 Å². The molecule has 0 heterocycles. The molecule has 0 spiro atoms. The molecular formula is C9H12BrP. The second-order valence-electron chi connectivity index (χ2n) is 2.93. The minimum atomic E-state index is 0. The standard InChI is InChI=1S/C9H11P.BrH/c10-9-6-5-7-3-1-2-4-8(7)9;/h1-4,9H,5-6,10H2;1H. The lowest BCUT2D eigenvalue weighted by Crippen LogP contribution is -3.00. The third-order valence-corrected chi connectivity index (χ3v) is 3.11. The average Bonchev–Trinajstić information content (AvgIpc) is 2.34. The Morgan fingerprint density at radius 2 is 2.00 bits per heavy atom. The molecule has 0 aliphatic heterocycles. The Hall–Kier alpha value is 0.130. The van der Waals surface area contributed by atoms with Gasteiger partial charge >= 0.3 is 0 Å². The summed E-state index contributed by atoms with van der Waals surface area (Å²) in [6, 6.07) is 8.80. The van der Waals surface area contributed by atoms with Crippen LogP contribution in [0.1, 0.15) is 23.2 Å². The Morgan fingerprint density at radius 1 is 1.27 bits per heavy atom. The fourth-order valence-electron chi connectivity index (χ4n) is 1.65. The van der Waals surface area contributed by atoms with Gasteiger partial charge in [-0.15, -0.1) is 0 Å². The first-order valence-corrected chi connectivity index (χ1v) is 4.60. The Balaban J connectivity index is 0.000000605. The van der Waals surface area contributed by atoms with Gasteiger partial charge in [-0.05, 0) is 33.2 Å². The van der Waals surface area contributed by atoms with Crippen LogP contribution in [0.2, 0.25) is 0 Å². The van der Waals surface area contributed by atoms with Gasteiger partial charge in [0.1, 0.15) is 0 Å². The van der Waals surface area contributed by atoms with Crippen molar-refractivity contribution in [1.82, 2.24) is 0 Å². The van der Waals surface area contributed by atoms with E-state index in [0.29, 0.717) is 0 Å². The molecule has 0 aromatic heterocycles. The number of rotatable bonds is 0. The fraction of sp³-hybridized carbons (Fsp3) is 0.333. The molecule has 2 unspecified atom stereocenters. The van der Waals surface area contributed by atoms with Crippen molar-refractivity contribution >= 4 is 9.24 Å². The molecule has 1 aliphatic carbocycles. The Bertz CT molecular complexity index is 247. The van der Waals surface area contributed by atoms with Gasteiger partial charge in [-0.2, -0.15) is 0 Å². The lowest BCUT2D eigenvalue weighted by Gasteiger charge is -1.97. The van der Waals surface area contributed by atoms with E-state index in [4.69, 9.17) is 0 Å². The van der Waals surface area contributed by atoms with Gasteiger partial charge in [-0.25, -0.2) is 0 Å². The first-order valence-electron chi connectivity index (χ1n) is 3.79. The molecule has 11 heavy (non-hydrogen) atoms. The van der Waals surface area contributed by atoms with Gasteiger partial charge in [0.15, 0.2) is 0 Å². The lowest BCUT2D eigenvalue weighted by atomic mass is 10.1. The van der Waals surface area contributed by atoms with Crippen LogP contribution in [0.3, 0.4) is 0 Å². The first-order chi connectivity index (χ1) is 4.88. The van der Waals surface area contributed by atoms with E-state index >= 15 is 0 Å². The van der Waals surface area contributed by atoms with Crippen LogP contribution in [0.25, 0.3) is 0 Å². The molecule has 2 rings (SSSR count). The third-order valence-electron chi connectivity index (χ3n) is 2.26. The molecule has 0 N–H and O–H groups in total. The maximum absolute atomic E-state index is 2.26. The molecule has 1 aliphatic rings. The summed E-state index contributed by atoms with van der Waals surface area (Å²) in [5, 5.41) is 0. The summed E-state index contributed by atoms with van der Waals surface area (Å²) in [5.41, 5.74) is 3.99. The SMILES string of the molecule is [Br-].[PH3+]C1CCc2ccccc21. The number of hydrogen-bond acceptors (Lipinski definition) is 0. The highest BCUT2D eigenvalue weighted by molar-refractivity contribution is 7.17. The lowest BCUT2D eigenvalue weighted by molar-refractivity contribution is -0.00000190. The Labute approximate surface area is 80.4 Å². The Morgan fingerprint density at radius 3 is 2.73 bits per heavy atom. The zero-order valence-corrected chi connectivity index (χ0v) is 9.39. The smallest absolute Gasteiger partial charge is 0.0882 e. The van der Waals surface area contributed by atoms with E-state index in [1.807, 2.05) is 0 Å². The van der Waals surface area contributed by atoms with E-state index in [0.717, 1.165) is 5.66 Å². The molecule has 0 saturated heterocycles. The van der Waals surface area contributed by atoms with Crippen molar-refractivity contribution in [1.29, 1.82) is 0 Å². The largest absolute Gasteiger partial charge is 1.00 e. The zero-order chi connectivity index (χ0) is 6.97. The second kappa shape index (κ2) is 3.69.